The zero-order chi connectivity index (χ0) is 28.3. The van der Waals surface area contributed by atoms with Crippen LogP contribution in [0.4, 0.5) is 0 Å². The van der Waals surface area contributed by atoms with Gasteiger partial charge < -0.3 is 9.40 Å². The van der Waals surface area contributed by atoms with E-state index in [0.29, 0.717) is 22.4 Å². The minimum atomic E-state index is -0.541. The summed E-state index contributed by atoms with van der Waals surface area (Å²) in [7, 11) is 0. The number of para-hydroxylation sites is 1. The summed E-state index contributed by atoms with van der Waals surface area (Å²) in [4.78, 5) is 43.2. The number of carbonyl (C=O) groups excluding carboxylic acids is 3. The van der Waals surface area contributed by atoms with Crippen LogP contribution in [0.1, 0.15) is 65.3 Å². The SMILES string of the molecule is CC(=O)ON=C(C(=O)c1ccc2c(c1)c1ccccc1n2-c1ccc(C(=O)c2ccccc2)cc1)C1CCCCC1. The second-order valence-corrected chi connectivity index (χ2v) is 10.5. The maximum Gasteiger partial charge on any atom is 0.331 e. The first-order valence-corrected chi connectivity index (χ1v) is 14.0. The number of aromatic nitrogens is 1. The second kappa shape index (κ2) is 11.3. The van der Waals surface area contributed by atoms with Gasteiger partial charge in [-0.25, -0.2) is 4.79 Å². The van der Waals surface area contributed by atoms with Gasteiger partial charge in [-0.1, -0.05) is 72.9 Å². The fourth-order valence-electron chi connectivity index (χ4n) is 5.85. The Balaban J connectivity index is 1.40. The molecular weight excluding hydrogens is 512 g/mol. The molecule has 0 N–H and O–H groups in total. The van der Waals surface area contributed by atoms with E-state index in [1.54, 1.807) is 0 Å². The Morgan fingerprint density at radius 2 is 1.34 bits per heavy atom. The first-order valence-electron chi connectivity index (χ1n) is 14.0. The number of hydrogen-bond acceptors (Lipinski definition) is 5. The van der Waals surface area contributed by atoms with Crippen LogP contribution >= 0.6 is 0 Å². The van der Waals surface area contributed by atoms with E-state index >= 15 is 0 Å². The molecule has 41 heavy (non-hydrogen) atoms. The van der Waals surface area contributed by atoms with Gasteiger partial charge in [0.05, 0.1) is 11.0 Å². The molecule has 1 aliphatic carbocycles. The Labute approximate surface area is 238 Å². The molecule has 1 fully saturated rings. The third kappa shape index (κ3) is 5.21. The molecule has 0 unspecified atom stereocenters. The number of rotatable bonds is 7. The number of nitrogens with zero attached hydrogens (tertiary/aromatic N) is 2. The van der Waals surface area contributed by atoms with Crippen LogP contribution in [0, 0.1) is 5.92 Å². The molecule has 1 aromatic heterocycles. The predicted octanol–water partition coefficient (Wildman–Crippen LogP) is 7.70. The molecule has 1 saturated carbocycles. The highest BCUT2D eigenvalue weighted by atomic mass is 16.7. The van der Waals surface area contributed by atoms with E-state index in [1.165, 1.54) is 6.92 Å². The Hall–Kier alpha value is -4.84. The molecular formula is C35H30N2O4. The van der Waals surface area contributed by atoms with E-state index in [0.717, 1.165) is 59.6 Å². The molecule has 0 saturated heterocycles. The molecule has 6 rings (SSSR count). The lowest BCUT2D eigenvalue weighted by Gasteiger charge is -2.22. The van der Waals surface area contributed by atoms with Crippen LogP contribution in [0.3, 0.4) is 0 Å². The molecule has 6 nitrogen and oxygen atoms in total. The van der Waals surface area contributed by atoms with Crippen molar-refractivity contribution in [3.8, 4) is 5.69 Å². The van der Waals surface area contributed by atoms with E-state index in [9.17, 15) is 14.4 Å². The van der Waals surface area contributed by atoms with Gasteiger partial charge in [0.2, 0.25) is 5.78 Å². The van der Waals surface area contributed by atoms with E-state index in [1.807, 2.05) is 91.0 Å². The quantitative estimate of drug-likeness (QED) is 0.0914. The number of benzene rings is 4. The normalized spacial score (nSPS) is 14.3. The second-order valence-electron chi connectivity index (χ2n) is 10.5. The van der Waals surface area contributed by atoms with Crippen molar-refractivity contribution < 1.29 is 19.2 Å². The highest BCUT2D eigenvalue weighted by molar-refractivity contribution is 6.47. The van der Waals surface area contributed by atoms with Gasteiger partial charge in [0.1, 0.15) is 5.71 Å². The number of carbonyl (C=O) groups is 3. The largest absolute Gasteiger partial charge is 0.331 e. The molecule has 204 valence electrons. The van der Waals surface area contributed by atoms with Crippen LogP contribution in [-0.4, -0.2) is 27.8 Å². The van der Waals surface area contributed by atoms with Crippen molar-refractivity contribution in [1.29, 1.82) is 0 Å². The van der Waals surface area contributed by atoms with Gasteiger partial charge in [-0.3, -0.25) is 9.59 Å². The first-order chi connectivity index (χ1) is 20.0. The van der Waals surface area contributed by atoms with Gasteiger partial charge in [-0.15, -0.1) is 0 Å². The molecule has 6 heteroatoms. The lowest BCUT2D eigenvalue weighted by Crippen LogP contribution is -2.27. The smallest absolute Gasteiger partial charge is 0.318 e. The molecule has 0 spiro atoms. The van der Waals surface area contributed by atoms with Crippen LogP contribution in [0.5, 0.6) is 0 Å². The van der Waals surface area contributed by atoms with Gasteiger partial charge >= 0.3 is 5.97 Å². The van der Waals surface area contributed by atoms with Crippen LogP contribution in [-0.2, 0) is 9.63 Å². The van der Waals surface area contributed by atoms with Crippen molar-refractivity contribution in [3.63, 3.8) is 0 Å². The molecule has 5 aromatic rings. The van der Waals surface area contributed by atoms with Gasteiger partial charge in [-0.2, -0.15) is 0 Å². The van der Waals surface area contributed by atoms with E-state index in [2.05, 4.69) is 15.8 Å². The summed E-state index contributed by atoms with van der Waals surface area (Å²) in [5, 5.41) is 6.00. The van der Waals surface area contributed by atoms with Crippen molar-refractivity contribution in [2.24, 2.45) is 11.1 Å². The highest BCUT2D eigenvalue weighted by Crippen LogP contribution is 2.34. The molecule has 0 atom stereocenters. The standard InChI is InChI=1S/C35H30N2O4/c1-23(38)41-36-33(24-10-4-2-5-11-24)35(40)27-18-21-32-30(22-27)29-14-8-9-15-31(29)37(32)28-19-16-26(17-20-28)34(39)25-12-6-3-7-13-25/h3,6-9,12-22,24H,2,4-5,10-11H2,1H3. The Morgan fingerprint density at radius 3 is 2.07 bits per heavy atom. The Bertz CT molecular complexity index is 1790. The molecule has 0 aliphatic heterocycles. The summed E-state index contributed by atoms with van der Waals surface area (Å²) >= 11 is 0. The minimum absolute atomic E-state index is 0.0216. The maximum absolute atomic E-state index is 13.8. The number of oxime groups is 1. The van der Waals surface area contributed by atoms with Gasteiger partial charge in [0, 0.05) is 46.0 Å². The molecule has 4 aromatic carbocycles. The number of hydrogen-bond donors (Lipinski definition) is 0. The van der Waals surface area contributed by atoms with Gasteiger partial charge in [0.15, 0.2) is 5.78 Å². The third-order valence-electron chi connectivity index (χ3n) is 7.86. The van der Waals surface area contributed by atoms with Crippen LogP contribution in [0.25, 0.3) is 27.5 Å². The molecule has 1 heterocycles. The van der Waals surface area contributed by atoms with E-state index < -0.39 is 5.97 Å². The Morgan fingerprint density at radius 1 is 0.707 bits per heavy atom. The lowest BCUT2D eigenvalue weighted by molar-refractivity contribution is -0.140. The monoisotopic (exact) mass is 542 g/mol. The topological polar surface area (TPSA) is 77.7 Å². The molecule has 0 bridgehead atoms. The Kier molecular flexibility index (Phi) is 7.30. The first kappa shape index (κ1) is 26.4. The third-order valence-corrected chi connectivity index (χ3v) is 7.86. The predicted molar refractivity (Wildman–Crippen MR) is 161 cm³/mol. The summed E-state index contributed by atoms with van der Waals surface area (Å²) in [6.07, 6.45) is 4.91. The van der Waals surface area contributed by atoms with E-state index in [4.69, 9.17) is 4.84 Å². The van der Waals surface area contributed by atoms with Crippen molar-refractivity contribution in [2.45, 2.75) is 39.0 Å². The average Bonchev–Trinajstić information content (AvgIpc) is 3.35. The van der Waals surface area contributed by atoms with Crippen molar-refractivity contribution in [1.82, 2.24) is 4.57 Å². The molecule has 0 amide bonds. The van der Waals surface area contributed by atoms with Crippen molar-refractivity contribution in [3.05, 3.63) is 114 Å². The van der Waals surface area contributed by atoms with Gasteiger partial charge in [-0.05, 0) is 61.4 Å². The van der Waals surface area contributed by atoms with Gasteiger partial charge in [0.25, 0.3) is 0 Å². The number of fused-ring (bicyclic) bond motifs is 3. The van der Waals surface area contributed by atoms with Crippen LogP contribution in [0.15, 0.2) is 102 Å². The fraction of sp³-hybridized carbons (Fsp3) is 0.200. The number of Topliss-reactive ketones (excluding diaryl/α,β-unsaturated/α-hetero) is 1. The summed E-state index contributed by atoms with van der Waals surface area (Å²) in [6.45, 7) is 1.29. The zero-order valence-electron chi connectivity index (χ0n) is 22.9. The highest BCUT2D eigenvalue weighted by Gasteiger charge is 2.27. The molecule has 1 aliphatic rings. The van der Waals surface area contributed by atoms with E-state index in [-0.39, 0.29) is 17.5 Å². The van der Waals surface area contributed by atoms with Crippen LogP contribution in [0.2, 0.25) is 0 Å². The molecule has 0 radical (unpaired) electrons. The summed E-state index contributed by atoms with van der Waals surface area (Å²) < 4.78 is 2.14. The van der Waals surface area contributed by atoms with Crippen molar-refractivity contribution in [2.75, 3.05) is 0 Å². The zero-order valence-corrected chi connectivity index (χ0v) is 22.9. The maximum atomic E-state index is 13.8. The number of ketones is 2. The minimum Gasteiger partial charge on any atom is -0.318 e. The van der Waals surface area contributed by atoms with Crippen molar-refractivity contribution >= 4 is 45.1 Å². The summed E-state index contributed by atoms with van der Waals surface area (Å²) in [5.74, 6) is -0.793. The van der Waals surface area contributed by atoms with Crippen LogP contribution < -0.4 is 0 Å². The fourth-order valence-corrected chi connectivity index (χ4v) is 5.85. The summed E-state index contributed by atoms with van der Waals surface area (Å²) in [6, 6.07) is 30.6. The lowest BCUT2D eigenvalue weighted by atomic mass is 9.83. The summed E-state index contributed by atoms with van der Waals surface area (Å²) in [5.41, 5.74) is 4.97. The average molecular weight is 543 g/mol.